The quantitative estimate of drug-likeness (QED) is 0.636. The number of ketones is 1. The van der Waals surface area contributed by atoms with E-state index in [1.165, 1.54) is 11.3 Å². The molecule has 0 saturated heterocycles. The maximum absolute atomic E-state index is 11.0. The van der Waals surface area contributed by atoms with Crippen LogP contribution in [0.15, 0.2) is 6.07 Å². The van der Waals surface area contributed by atoms with Gasteiger partial charge in [0.1, 0.15) is 10.6 Å². The summed E-state index contributed by atoms with van der Waals surface area (Å²) in [6, 6.07) is 1.88. The molecule has 0 unspecified atom stereocenters. The Balaban J connectivity index is 3.12. The number of methoxy groups -OCH3 is 1. The molecule has 0 saturated carbocycles. The van der Waals surface area contributed by atoms with Crippen molar-refractivity contribution in [2.24, 2.45) is 0 Å². The summed E-state index contributed by atoms with van der Waals surface area (Å²) in [5, 5.41) is 0. The molecule has 11 heavy (non-hydrogen) atoms. The molecule has 0 radical (unpaired) electrons. The molecule has 1 heterocycles. The first-order valence-electron chi connectivity index (χ1n) is 3.30. The lowest BCUT2D eigenvalue weighted by atomic mass is 10.3. The number of rotatable bonds is 2. The summed E-state index contributed by atoms with van der Waals surface area (Å²) in [4.78, 5) is 12.8. The van der Waals surface area contributed by atoms with Crippen LogP contribution in [-0.2, 0) is 0 Å². The third-order valence-corrected chi connectivity index (χ3v) is 2.49. The van der Waals surface area contributed by atoms with Crippen molar-refractivity contribution in [2.75, 3.05) is 7.11 Å². The maximum atomic E-state index is 11.0. The molecule has 1 aromatic rings. The molecule has 0 aliphatic carbocycles. The number of carbonyl (C=O) groups is 1. The third-order valence-electron chi connectivity index (χ3n) is 1.36. The zero-order chi connectivity index (χ0) is 8.43. The summed E-state index contributed by atoms with van der Waals surface area (Å²) in [5.41, 5.74) is 0. The van der Waals surface area contributed by atoms with Crippen LogP contribution in [0.3, 0.4) is 0 Å². The molecule has 1 rings (SSSR count). The molecule has 3 heteroatoms. The minimum Gasteiger partial charge on any atom is -0.495 e. The summed E-state index contributed by atoms with van der Waals surface area (Å²) in [7, 11) is 1.58. The van der Waals surface area contributed by atoms with Crippen LogP contribution in [0.4, 0.5) is 0 Å². The van der Waals surface area contributed by atoms with Crippen molar-refractivity contribution < 1.29 is 9.53 Å². The van der Waals surface area contributed by atoms with E-state index in [4.69, 9.17) is 4.74 Å². The van der Waals surface area contributed by atoms with Crippen molar-refractivity contribution in [1.29, 1.82) is 0 Å². The highest BCUT2D eigenvalue weighted by Gasteiger charge is 2.10. The Hall–Kier alpha value is -0.830. The Morgan fingerprint density at radius 3 is 2.64 bits per heavy atom. The monoisotopic (exact) mass is 170 g/mol. The van der Waals surface area contributed by atoms with Gasteiger partial charge in [-0.05, 0) is 13.0 Å². The summed E-state index contributed by atoms with van der Waals surface area (Å²) in [6.45, 7) is 3.51. The fraction of sp³-hybridized carbons (Fsp3) is 0.375. The molecule has 0 atom stereocenters. The van der Waals surface area contributed by atoms with Gasteiger partial charge in [-0.2, -0.15) is 0 Å². The molecule has 1 aromatic heterocycles. The zero-order valence-electron chi connectivity index (χ0n) is 6.80. The zero-order valence-corrected chi connectivity index (χ0v) is 7.62. The summed E-state index contributed by atoms with van der Waals surface area (Å²) < 4.78 is 5.02. The van der Waals surface area contributed by atoms with Gasteiger partial charge in [0.2, 0.25) is 0 Å². The number of hydrogen-bond acceptors (Lipinski definition) is 3. The maximum Gasteiger partial charge on any atom is 0.173 e. The second-order valence-corrected chi connectivity index (χ2v) is 3.57. The molecule has 2 nitrogen and oxygen atoms in total. The van der Waals surface area contributed by atoms with Crippen molar-refractivity contribution in [3.8, 4) is 5.75 Å². The first-order valence-corrected chi connectivity index (χ1v) is 4.12. The average molecular weight is 170 g/mol. The Labute approximate surface area is 69.8 Å². The minimum absolute atomic E-state index is 0.0694. The van der Waals surface area contributed by atoms with Crippen LogP contribution in [0.1, 0.15) is 21.5 Å². The van der Waals surface area contributed by atoms with Gasteiger partial charge < -0.3 is 4.74 Å². The van der Waals surface area contributed by atoms with Crippen LogP contribution in [0, 0.1) is 6.92 Å². The number of carbonyl (C=O) groups excluding carboxylic acids is 1. The van der Waals surface area contributed by atoms with Crippen LogP contribution in [0.5, 0.6) is 5.75 Å². The lowest BCUT2D eigenvalue weighted by molar-refractivity contribution is 0.101. The van der Waals surface area contributed by atoms with Gasteiger partial charge >= 0.3 is 0 Å². The molecule has 0 N–H and O–H groups in total. The standard InChI is InChI=1S/C8H10O2S/c1-5-4-7(10-3)8(11-5)6(2)9/h4H,1-3H3. The number of thiophene rings is 1. The van der Waals surface area contributed by atoms with Crippen LogP contribution in [0.2, 0.25) is 0 Å². The second kappa shape index (κ2) is 3.05. The first kappa shape index (κ1) is 8.27. The van der Waals surface area contributed by atoms with E-state index in [2.05, 4.69) is 0 Å². The molecule has 0 amide bonds. The predicted octanol–water partition coefficient (Wildman–Crippen LogP) is 2.27. The van der Waals surface area contributed by atoms with Crippen molar-refractivity contribution in [2.45, 2.75) is 13.8 Å². The smallest absolute Gasteiger partial charge is 0.173 e. The van der Waals surface area contributed by atoms with E-state index >= 15 is 0 Å². The van der Waals surface area contributed by atoms with Gasteiger partial charge in [-0.25, -0.2) is 0 Å². The average Bonchev–Trinajstić information content (AvgIpc) is 2.30. The molecule has 0 aromatic carbocycles. The molecular formula is C8H10O2S. The highest BCUT2D eigenvalue weighted by molar-refractivity contribution is 7.14. The van der Waals surface area contributed by atoms with Gasteiger partial charge in [-0.1, -0.05) is 0 Å². The predicted molar refractivity (Wildman–Crippen MR) is 45.6 cm³/mol. The minimum atomic E-state index is 0.0694. The highest BCUT2D eigenvalue weighted by atomic mass is 32.1. The largest absolute Gasteiger partial charge is 0.495 e. The van der Waals surface area contributed by atoms with E-state index in [9.17, 15) is 4.79 Å². The summed E-state index contributed by atoms with van der Waals surface area (Å²) in [5.74, 6) is 0.764. The number of Topliss-reactive ketones (excluding diaryl/α,β-unsaturated/α-hetero) is 1. The summed E-state index contributed by atoms with van der Waals surface area (Å²) in [6.07, 6.45) is 0. The van der Waals surface area contributed by atoms with Gasteiger partial charge in [-0.15, -0.1) is 11.3 Å². The third kappa shape index (κ3) is 1.60. The first-order chi connectivity index (χ1) is 5.15. The normalized spacial score (nSPS) is 9.73. The van der Waals surface area contributed by atoms with E-state index in [1.807, 2.05) is 13.0 Å². The summed E-state index contributed by atoms with van der Waals surface area (Å²) >= 11 is 1.47. The topological polar surface area (TPSA) is 26.3 Å². The highest BCUT2D eigenvalue weighted by Crippen LogP contribution is 2.28. The van der Waals surface area contributed by atoms with Crippen LogP contribution < -0.4 is 4.74 Å². The Kier molecular flexibility index (Phi) is 2.29. The van der Waals surface area contributed by atoms with E-state index in [0.29, 0.717) is 10.6 Å². The van der Waals surface area contributed by atoms with Crippen LogP contribution in [0.25, 0.3) is 0 Å². The lowest BCUT2D eigenvalue weighted by Crippen LogP contribution is -1.90. The fourth-order valence-corrected chi connectivity index (χ4v) is 1.76. The van der Waals surface area contributed by atoms with Crippen LogP contribution >= 0.6 is 11.3 Å². The van der Waals surface area contributed by atoms with Crippen molar-refractivity contribution in [3.63, 3.8) is 0 Å². The van der Waals surface area contributed by atoms with Gasteiger partial charge in [0, 0.05) is 11.8 Å². The number of hydrogen-bond donors (Lipinski definition) is 0. The SMILES string of the molecule is COc1cc(C)sc1C(C)=O. The van der Waals surface area contributed by atoms with Crippen molar-refractivity contribution in [1.82, 2.24) is 0 Å². The Morgan fingerprint density at radius 2 is 2.27 bits per heavy atom. The van der Waals surface area contributed by atoms with E-state index in [1.54, 1.807) is 14.0 Å². The second-order valence-electron chi connectivity index (χ2n) is 2.31. The van der Waals surface area contributed by atoms with Gasteiger partial charge in [0.15, 0.2) is 5.78 Å². The van der Waals surface area contributed by atoms with E-state index in [-0.39, 0.29) is 5.78 Å². The molecule has 0 bridgehead atoms. The lowest BCUT2D eigenvalue weighted by Gasteiger charge is -1.95. The molecule has 0 aliphatic rings. The Morgan fingerprint density at radius 1 is 1.64 bits per heavy atom. The van der Waals surface area contributed by atoms with E-state index < -0.39 is 0 Å². The van der Waals surface area contributed by atoms with Crippen LogP contribution in [-0.4, -0.2) is 12.9 Å². The Bertz CT molecular complexity index is 276. The van der Waals surface area contributed by atoms with Gasteiger partial charge in [0.05, 0.1) is 7.11 Å². The number of aryl methyl sites for hydroxylation is 1. The fourth-order valence-electron chi connectivity index (χ4n) is 0.888. The molecular weight excluding hydrogens is 160 g/mol. The molecule has 0 fully saturated rings. The molecule has 0 spiro atoms. The van der Waals surface area contributed by atoms with Gasteiger partial charge in [0.25, 0.3) is 0 Å². The molecule has 60 valence electrons. The van der Waals surface area contributed by atoms with E-state index in [0.717, 1.165) is 4.88 Å². The van der Waals surface area contributed by atoms with Crippen molar-refractivity contribution in [3.05, 3.63) is 15.8 Å². The van der Waals surface area contributed by atoms with Crippen molar-refractivity contribution >= 4 is 17.1 Å². The van der Waals surface area contributed by atoms with Gasteiger partial charge in [-0.3, -0.25) is 4.79 Å². The molecule has 0 aliphatic heterocycles. The number of ether oxygens (including phenoxy) is 1.